The lowest BCUT2D eigenvalue weighted by Gasteiger charge is -2.02. The van der Waals surface area contributed by atoms with Gasteiger partial charge in [-0.3, -0.25) is 4.98 Å². The standard InChI is InChI=1S/C8H10N2O2.C2H6/c1-9-8(11)12-6-7-3-2-4-10-5-7;1-2/h2-5H,6H2,1H3,(H,9,11);1-2H3. The predicted octanol–water partition coefficient (Wildman–Crippen LogP) is 1.96. The Morgan fingerprint density at radius 3 is 2.79 bits per heavy atom. The zero-order valence-electron chi connectivity index (χ0n) is 8.78. The highest BCUT2D eigenvalue weighted by atomic mass is 16.5. The summed E-state index contributed by atoms with van der Waals surface area (Å²) in [6.45, 7) is 4.26. The molecular formula is C10H16N2O2. The van der Waals surface area contributed by atoms with E-state index in [2.05, 4.69) is 10.3 Å². The lowest BCUT2D eigenvalue weighted by atomic mass is 10.3. The molecule has 0 saturated heterocycles. The molecule has 0 fully saturated rings. The first-order chi connectivity index (χ1) is 6.83. The second kappa shape index (κ2) is 8.04. The molecule has 0 aliphatic carbocycles. The van der Waals surface area contributed by atoms with Crippen LogP contribution in [-0.2, 0) is 11.3 Å². The Morgan fingerprint density at radius 1 is 1.57 bits per heavy atom. The van der Waals surface area contributed by atoms with Gasteiger partial charge in [0.2, 0.25) is 0 Å². The van der Waals surface area contributed by atoms with Gasteiger partial charge in [0.1, 0.15) is 6.61 Å². The summed E-state index contributed by atoms with van der Waals surface area (Å²) in [6, 6.07) is 3.64. The van der Waals surface area contributed by atoms with Crippen molar-refractivity contribution in [3.05, 3.63) is 30.1 Å². The Kier molecular flexibility index (Phi) is 7.13. The maximum absolute atomic E-state index is 10.6. The first-order valence-electron chi connectivity index (χ1n) is 4.56. The smallest absolute Gasteiger partial charge is 0.407 e. The van der Waals surface area contributed by atoms with Crippen molar-refractivity contribution in [2.24, 2.45) is 0 Å². The number of alkyl carbamates (subject to hydrolysis) is 1. The summed E-state index contributed by atoms with van der Waals surface area (Å²) < 4.78 is 4.79. The molecule has 0 radical (unpaired) electrons. The van der Waals surface area contributed by atoms with Crippen molar-refractivity contribution in [3.63, 3.8) is 0 Å². The fraction of sp³-hybridized carbons (Fsp3) is 0.400. The Labute approximate surface area is 84.3 Å². The van der Waals surface area contributed by atoms with Crippen LogP contribution in [0.15, 0.2) is 24.5 Å². The molecule has 0 spiro atoms. The number of rotatable bonds is 2. The summed E-state index contributed by atoms with van der Waals surface area (Å²) in [4.78, 5) is 14.5. The van der Waals surface area contributed by atoms with Gasteiger partial charge in [0.15, 0.2) is 0 Å². The van der Waals surface area contributed by atoms with Crippen molar-refractivity contribution in [2.45, 2.75) is 20.5 Å². The molecule has 4 nitrogen and oxygen atoms in total. The first kappa shape index (κ1) is 12.4. The minimum Gasteiger partial charge on any atom is -0.445 e. The lowest BCUT2D eigenvalue weighted by molar-refractivity contribution is 0.142. The van der Waals surface area contributed by atoms with Gasteiger partial charge >= 0.3 is 6.09 Å². The summed E-state index contributed by atoms with van der Waals surface area (Å²) in [6.07, 6.45) is 2.89. The summed E-state index contributed by atoms with van der Waals surface area (Å²) >= 11 is 0. The van der Waals surface area contributed by atoms with Crippen LogP contribution in [0.4, 0.5) is 4.79 Å². The van der Waals surface area contributed by atoms with Crippen LogP contribution in [0.25, 0.3) is 0 Å². The van der Waals surface area contributed by atoms with Gasteiger partial charge in [-0.2, -0.15) is 0 Å². The molecule has 0 unspecified atom stereocenters. The molecule has 78 valence electrons. The zero-order valence-corrected chi connectivity index (χ0v) is 8.78. The van der Waals surface area contributed by atoms with E-state index >= 15 is 0 Å². The van der Waals surface area contributed by atoms with Crippen LogP contribution in [0.3, 0.4) is 0 Å². The molecule has 4 heteroatoms. The van der Waals surface area contributed by atoms with Gasteiger partial charge in [-0.25, -0.2) is 4.79 Å². The zero-order chi connectivity index (χ0) is 10.8. The third-order valence-corrected chi connectivity index (χ3v) is 1.30. The van der Waals surface area contributed by atoms with E-state index < -0.39 is 6.09 Å². The van der Waals surface area contributed by atoms with E-state index in [1.54, 1.807) is 18.5 Å². The molecule has 1 N–H and O–H groups in total. The topological polar surface area (TPSA) is 51.2 Å². The largest absolute Gasteiger partial charge is 0.445 e. The van der Waals surface area contributed by atoms with Gasteiger partial charge in [-0.1, -0.05) is 19.9 Å². The highest BCUT2D eigenvalue weighted by Crippen LogP contribution is 1.97. The van der Waals surface area contributed by atoms with Gasteiger partial charge in [0, 0.05) is 25.0 Å². The number of hydrogen-bond donors (Lipinski definition) is 1. The minimum atomic E-state index is -0.432. The number of ether oxygens (including phenoxy) is 1. The summed E-state index contributed by atoms with van der Waals surface area (Å²) in [5, 5.41) is 2.35. The van der Waals surface area contributed by atoms with Gasteiger partial charge in [-0.15, -0.1) is 0 Å². The van der Waals surface area contributed by atoms with E-state index in [-0.39, 0.29) is 6.61 Å². The molecule has 1 aromatic heterocycles. The second-order valence-corrected chi connectivity index (χ2v) is 2.19. The van der Waals surface area contributed by atoms with Crippen LogP contribution in [-0.4, -0.2) is 18.1 Å². The molecule has 0 aromatic carbocycles. The van der Waals surface area contributed by atoms with Crippen molar-refractivity contribution >= 4 is 6.09 Å². The molecule has 0 bridgehead atoms. The van der Waals surface area contributed by atoms with E-state index in [9.17, 15) is 4.79 Å². The highest BCUT2D eigenvalue weighted by molar-refractivity contribution is 5.66. The predicted molar refractivity (Wildman–Crippen MR) is 54.8 cm³/mol. The number of pyridine rings is 1. The Balaban J connectivity index is 0.000000791. The molecule has 14 heavy (non-hydrogen) atoms. The fourth-order valence-corrected chi connectivity index (χ4v) is 0.705. The first-order valence-corrected chi connectivity index (χ1v) is 4.56. The highest BCUT2D eigenvalue weighted by Gasteiger charge is 1.97. The van der Waals surface area contributed by atoms with Crippen LogP contribution in [0.2, 0.25) is 0 Å². The number of hydrogen-bond acceptors (Lipinski definition) is 3. The van der Waals surface area contributed by atoms with Crippen LogP contribution in [0, 0.1) is 0 Å². The molecule has 0 aliphatic heterocycles. The minimum absolute atomic E-state index is 0.257. The third-order valence-electron chi connectivity index (χ3n) is 1.30. The molecule has 1 amide bonds. The number of carbonyl (C=O) groups is 1. The molecule has 1 heterocycles. The van der Waals surface area contributed by atoms with Crippen LogP contribution < -0.4 is 5.32 Å². The lowest BCUT2D eigenvalue weighted by Crippen LogP contribution is -2.18. The van der Waals surface area contributed by atoms with Crippen molar-refractivity contribution in [3.8, 4) is 0 Å². The average molecular weight is 196 g/mol. The van der Waals surface area contributed by atoms with E-state index in [0.29, 0.717) is 0 Å². The van der Waals surface area contributed by atoms with E-state index in [4.69, 9.17) is 4.74 Å². The maximum atomic E-state index is 10.6. The fourth-order valence-electron chi connectivity index (χ4n) is 0.705. The van der Waals surface area contributed by atoms with Crippen LogP contribution in [0.1, 0.15) is 19.4 Å². The van der Waals surface area contributed by atoms with Crippen molar-refractivity contribution in [1.82, 2.24) is 10.3 Å². The molecule has 1 rings (SSSR count). The van der Waals surface area contributed by atoms with E-state index in [1.807, 2.05) is 19.9 Å². The Hall–Kier alpha value is -1.58. The van der Waals surface area contributed by atoms with Gasteiger partial charge in [0.25, 0.3) is 0 Å². The normalized spacial score (nSPS) is 8.21. The molecule has 1 aromatic rings. The third kappa shape index (κ3) is 5.13. The average Bonchev–Trinajstić information content (AvgIpc) is 2.30. The molecular weight excluding hydrogens is 180 g/mol. The number of carbonyl (C=O) groups excluding carboxylic acids is 1. The SMILES string of the molecule is CC.CNC(=O)OCc1cccnc1. The van der Waals surface area contributed by atoms with Crippen LogP contribution in [0.5, 0.6) is 0 Å². The summed E-state index contributed by atoms with van der Waals surface area (Å²) in [5.41, 5.74) is 0.876. The van der Waals surface area contributed by atoms with Crippen molar-refractivity contribution < 1.29 is 9.53 Å². The van der Waals surface area contributed by atoms with Gasteiger partial charge < -0.3 is 10.1 Å². The summed E-state index contributed by atoms with van der Waals surface area (Å²) in [5.74, 6) is 0. The number of aromatic nitrogens is 1. The van der Waals surface area contributed by atoms with Crippen molar-refractivity contribution in [2.75, 3.05) is 7.05 Å². The molecule has 0 saturated carbocycles. The van der Waals surface area contributed by atoms with Crippen LogP contribution >= 0.6 is 0 Å². The van der Waals surface area contributed by atoms with Gasteiger partial charge in [-0.05, 0) is 6.07 Å². The number of nitrogens with one attached hydrogen (secondary N) is 1. The maximum Gasteiger partial charge on any atom is 0.407 e. The van der Waals surface area contributed by atoms with Gasteiger partial charge in [0.05, 0.1) is 0 Å². The quantitative estimate of drug-likeness (QED) is 0.786. The summed E-state index contributed by atoms with van der Waals surface area (Å²) in [7, 11) is 1.52. The number of nitrogens with zero attached hydrogens (tertiary/aromatic N) is 1. The van der Waals surface area contributed by atoms with E-state index in [0.717, 1.165) is 5.56 Å². The number of amides is 1. The molecule has 0 aliphatic rings. The van der Waals surface area contributed by atoms with Crippen molar-refractivity contribution in [1.29, 1.82) is 0 Å². The second-order valence-electron chi connectivity index (χ2n) is 2.19. The monoisotopic (exact) mass is 196 g/mol. The van der Waals surface area contributed by atoms with E-state index in [1.165, 1.54) is 7.05 Å². The Bertz CT molecular complexity index is 250. The Morgan fingerprint density at radius 2 is 2.29 bits per heavy atom. The molecule has 0 atom stereocenters.